The molecule has 5 nitrogen and oxygen atoms in total. The Hall–Kier alpha value is -2.09. The van der Waals surface area contributed by atoms with Gasteiger partial charge in [-0.2, -0.15) is 13.2 Å². The van der Waals surface area contributed by atoms with Crippen LogP contribution >= 0.6 is 0 Å². The molecule has 0 aliphatic heterocycles. The van der Waals surface area contributed by atoms with Gasteiger partial charge in [-0.25, -0.2) is 0 Å². The number of benzene rings is 1. The lowest BCUT2D eigenvalue weighted by Gasteiger charge is -2.24. The summed E-state index contributed by atoms with van der Waals surface area (Å²) < 4.78 is 38.9. The summed E-state index contributed by atoms with van der Waals surface area (Å²) in [6.07, 6.45) is -4.55. The lowest BCUT2D eigenvalue weighted by atomic mass is 10.1. The van der Waals surface area contributed by atoms with E-state index in [1.165, 1.54) is 18.2 Å². The lowest BCUT2D eigenvalue weighted by molar-refractivity contribution is -0.137. The average Bonchev–Trinajstić information content (AvgIpc) is 2.54. The van der Waals surface area contributed by atoms with Crippen LogP contribution in [0.1, 0.15) is 26.3 Å². The number of hydrogen-bond donors (Lipinski definition) is 1. The molecule has 2 amide bonds. The van der Waals surface area contributed by atoms with Gasteiger partial charge in [-0.1, -0.05) is 19.1 Å². The number of rotatable bonds is 8. The highest BCUT2D eigenvalue weighted by Gasteiger charge is 2.33. The molecule has 0 heterocycles. The molecule has 0 aliphatic rings. The first-order chi connectivity index (χ1) is 11.7. The number of para-hydroxylation sites is 1. The third-order valence-electron chi connectivity index (χ3n) is 3.80. The minimum atomic E-state index is -4.55. The summed E-state index contributed by atoms with van der Waals surface area (Å²) in [5, 5.41) is 2.29. The Morgan fingerprint density at radius 2 is 1.60 bits per heavy atom. The summed E-state index contributed by atoms with van der Waals surface area (Å²) >= 11 is 0. The Morgan fingerprint density at radius 3 is 2.12 bits per heavy atom. The number of likely N-dealkylation sites (N-methyl/N-ethyl adjacent to an activating group) is 2. The maximum absolute atomic E-state index is 13.0. The maximum Gasteiger partial charge on any atom is 0.418 e. The van der Waals surface area contributed by atoms with Gasteiger partial charge in [0.2, 0.25) is 11.8 Å². The fraction of sp³-hybridized carbons (Fsp3) is 0.529. The van der Waals surface area contributed by atoms with E-state index in [0.717, 1.165) is 6.07 Å². The second-order valence-electron chi connectivity index (χ2n) is 5.46. The van der Waals surface area contributed by atoms with Gasteiger partial charge in [0, 0.05) is 13.1 Å². The highest BCUT2D eigenvalue weighted by molar-refractivity contribution is 5.93. The number of carbonyl (C=O) groups is 2. The van der Waals surface area contributed by atoms with Gasteiger partial charge in [0.15, 0.2) is 0 Å². The van der Waals surface area contributed by atoms with Crippen LogP contribution in [-0.2, 0) is 15.8 Å². The molecule has 25 heavy (non-hydrogen) atoms. The molecule has 0 fully saturated rings. The highest BCUT2D eigenvalue weighted by atomic mass is 19.4. The molecule has 0 radical (unpaired) electrons. The number of amides is 2. The van der Waals surface area contributed by atoms with Crippen LogP contribution in [0.5, 0.6) is 0 Å². The molecule has 0 saturated heterocycles. The van der Waals surface area contributed by atoms with E-state index in [1.54, 1.807) is 16.7 Å². The highest BCUT2D eigenvalue weighted by Crippen LogP contribution is 2.34. The van der Waals surface area contributed by atoms with Crippen molar-refractivity contribution < 1.29 is 22.8 Å². The monoisotopic (exact) mass is 359 g/mol. The largest absolute Gasteiger partial charge is 0.418 e. The molecule has 1 rings (SSSR count). The summed E-state index contributed by atoms with van der Waals surface area (Å²) in [4.78, 5) is 27.4. The maximum atomic E-state index is 13.0. The molecule has 1 aromatic carbocycles. The first kappa shape index (κ1) is 21.0. The molecule has 0 spiro atoms. The molecule has 1 N–H and O–H groups in total. The summed E-state index contributed by atoms with van der Waals surface area (Å²) in [7, 11) is 0. The smallest absolute Gasteiger partial charge is 0.342 e. The fourth-order valence-corrected chi connectivity index (χ4v) is 2.38. The Labute approximate surface area is 145 Å². The summed E-state index contributed by atoms with van der Waals surface area (Å²) in [6.45, 7) is 6.96. The second-order valence-corrected chi connectivity index (χ2v) is 5.46. The van der Waals surface area contributed by atoms with E-state index in [2.05, 4.69) is 5.32 Å². The topological polar surface area (TPSA) is 52.7 Å². The number of alkyl halides is 3. The molecule has 0 unspecified atom stereocenters. The van der Waals surface area contributed by atoms with Crippen molar-refractivity contribution >= 4 is 17.5 Å². The Bertz CT molecular complexity index is 587. The van der Waals surface area contributed by atoms with Crippen molar-refractivity contribution in [1.82, 2.24) is 9.80 Å². The van der Waals surface area contributed by atoms with E-state index in [9.17, 15) is 22.8 Å². The van der Waals surface area contributed by atoms with Crippen molar-refractivity contribution in [2.75, 3.05) is 38.0 Å². The van der Waals surface area contributed by atoms with Crippen molar-refractivity contribution in [3.05, 3.63) is 29.8 Å². The molecule has 0 bridgehead atoms. The predicted molar refractivity (Wildman–Crippen MR) is 90.1 cm³/mol. The van der Waals surface area contributed by atoms with Crippen LogP contribution in [0, 0.1) is 0 Å². The Kier molecular flexibility index (Phi) is 7.89. The van der Waals surface area contributed by atoms with E-state index in [0.29, 0.717) is 19.6 Å². The zero-order valence-electron chi connectivity index (χ0n) is 14.7. The summed E-state index contributed by atoms with van der Waals surface area (Å²) in [6, 6.07) is 4.81. The zero-order valence-corrected chi connectivity index (χ0v) is 14.7. The molecular weight excluding hydrogens is 335 g/mol. The minimum Gasteiger partial charge on any atom is -0.342 e. The SMILES string of the molecule is CCN(CC(=O)Nc1ccccc1C(F)(F)F)CC(=O)N(CC)CC. The van der Waals surface area contributed by atoms with Crippen LogP contribution in [0.3, 0.4) is 0 Å². The van der Waals surface area contributed by atoms with Gasteiger partial charge in [0.25, 0.3) is 0 Å². The number of hydrogen-bond acceptors (Lipinski definition) is 3. The molecule has 0 aromatic heterocycles. The van der Waals surface area contributed by atoms with Crippen molar-refractivity contribution in [1.29, 1.82) is 0 Å². The minimum absolute atomic E-state index is 0.0481. The van der Waals surface area contributed by atoms with Crippen LogP contribution in [0.15, 0.2) is 24.3 Å². The fourth-order valence-electron chi connectivity index (χ4n) is 2.38. The molecule has 1 aromatic rings. The number of carbonyl (C=O) groups excluding carboxylic acids is 2. The molecule has 0 atom stereocenters. The molecule has 0 aliphatic carbocycles. The first-order valence-electron chi connectivity index (χ1n) is 8.19. The predicted octanol–water partition coefficient (Wildman–Crippen LogP) is 2.83. The van der Waals surface area contributed by atoms with E-state index in [4.69, 9.17) is 0 Å². The molecule has 8 heteroatoms. The number of anilines is 1. The Morgan fingerprint density at radius 1 is 1.00 bits per heavy atom. The van der Waals surface area contributed by atoms with Gasteiger partial charge in [-0.05, 0) is 32.5 Å². The van der Waals surface area contributed by atoms with Crippen molar-refractivity contribution in [3.63, 3.8) is 0 Å². The zero-order chi connectivity index (χ0) is 19.0. The Balaban J connectivity index is 2.74. The second kappa shape index (κ2) is 9.41. The average molecular weight is 359 g/mol. The van der Waals surface area contributed by atoms with E-state index >= 15 is 0 Å². The lowest BCUT2D eigenvalue weighted by Crippen LogP contribution is -2.43. The van der Waals surface area contributed by atoms with Crippen molar-refractivity contribution in [2.45, 2.75) is 26.9 Å². The third-order valence-corrected chi connectivity index (χ3v) is 3.80. The van der Waals surface area contributed by atoms with E-state index in [-0.39, 0.29) is 24.7 Å². The molecule has 140 valence electrons. The van der Waals surface area contributed by atoms with Gasteiger partial charge in [-0.3, -0.25) is 14.5 Å². The van der Waals surface area contributed by atoms with Crippen LogP contribution in [0.25, 0.3) is 0 Å². The van der Waals surface area contributed by atoms with Crippen LogP contribution in [0.2, 0.25) is 0 Å². The first-order valence-corrected chi connectivity index (χ1v) is 8.19. The standard InChI is InChI=1S/C17H24F3N3O2/c1-4-22(12-16(25)23(5-2)6-3)11-15(24)21-14-10-8-7-9-13(14)17(18,19)20/h7-10H,4-6,11-12H2,1-3H3,(H,21,24). The van der Waals surface area contributed by atoms with Crippen LogP contribution in [-0.4, -0.2) is 54.3 Å². The number of nitrogens with one attached hydrogen (secondary N) is 1. The summed E-state index contributed by atoms with van der Waals surface area (Å²) in [5.41, 5.74) is -1.18. The number of nitrogens with zero attached hydrogens (tertiary/aromatic N) is 2. The van der Waals surface area contributed by atoms with E-state index < -0.39 is 17.6 Å². The quantitative estimate of drug-likeness (QED) is 0.777. The van der Waals surface area contributed by atoms with E-state index in [1.807, 2.05) is 13.8 Å². The van der Waals surface area contributed by atoms with Gasteiger partial charge in [-0.15, -0.1) is 0 Å². The van der Waals surface area contributed by atoms with Gasteiger partial charge >= 0.3 is 6.18 Å². The van der Waals surface area contributed by atoms with Gasteiger partial charge < -0.3 is 10.2 Å². The van der Waals surface area contributed by atoms with Crippen molar-refractivity contribution in [2.24, 2.45) is 0 Å². The van der Waals surface area contributed by atoms with Gasteiger partial charge in [0.05, 0.1) is 24.3 Å². The molecular formula is C17H24F3N3O2. The van der Waals surface area contributed by atoms with Crippen molar-refractivity contribution in [3.8, 4) is 0 Å². The van der Waals surface area contributed by atoms with Gasteiger partial charge in [0.1, 0.15) is 0 Å². The normalized spacial score (nSPS) is 11.5. The molecule has 0 saturated carbocycles. The third kappa shape index (κ3) is 6.38. The van der Waals surface area contributed by atoms with Crippen LogP contribution < -0.4 is 5.32 Å². The van der Waals surface area contributed by atoms with Crippen LogP contribution in [0.4, 0.5) is 18.9 Å². The summed E-state index contributed by atoms with van der Waals surface area (Å²) in [5.74, 6) is -0.707. The number of halogens is 3.